The third-order valence-corrected chi connectivity index (χ3v) is 5.66. The number of thiazole rings is 1. The molecule has 0 bridgehead atoms. The molecule has 0 saturated heterocycles. The highest BCUT2D eigenvalue weighted by atomic mass is 32.2. The molecule has 6 heteroatoms. The molecule has 3 aromatic rings. The van der Waals surface area contributed by atoms with E-state index < -0.39 is 5.97 Å². The first-order chi connectivity index (χ1) is 12.1. The van der Waals surface area contributed by atoms with Crippen molar-refractivity contribution >= 4 is 39.9 Å². The summed E-state index contributed by atoms with van der Waals surface area (Å²) >= 11 is 3.17. The van der Waals surface area contributed by atoms with Crippen molar-refractivity contribution in [2.75, 3.05) is 25.3 Å². The van der Waals surface area contributed by atoms with E-state index in [0.29, 0.717) is 5.69 Å². The summed E-state index contributed by atoms with van der Waals surface area (Å²) in [6, 6.07) is 18.0. The molecule has 0 radical (unpaired) electrons. The summed E-state index contributed by atoms with van der Waals surface area (Å²) in [5.41, 5.74) is 2.33. The zero-order chi connectivity index (χ0) is 17.8. The molecule has 1 aromatic heterocycles. The number of thioether (sulfide) groups is 1. The maximum absolute atomic E-state index is 12.2. The average molecular weight is 370 g/mol. The average Bonchev–Trinajstić information content (AvgIpc) is 3.13. The summed E-state index contributed by atoms with van der Waals surface area (Å²) < 4.78 is 4.92. The van der Waals surface area contributed by atoms with Crippen molar-refractivity contribution in [1.29, 1.82) is 0 Å². The molecule has 0 aliphatic rings. The van der Waals surface area contributed by atoms with Gasteiger partial charge < -0.3 is 9.64 Å². The van der Waals surface area contributed by atoms with Crippen LogP contribution in [0.4, 0.5) is 10.8 Å². The molecule has 0 amide bonds. The predicted octanol–water partition coefficient (Wildman–Crippen LogP) is 5.09. The lowest BCUT2D eigenvalue weighted by atomic mass is 10.1. The van der Waals surface area contributed by atoms with Gasteiger partial charge in [-0.1, -0.05) is 47.7 Å². The van der Waals surface area contributed by atoms with E-state index in [9.17, 15) is 4.79 Å². The van der Waals surface area contributed by atoms with Gasteiger partial charge in [0.2, 0.25) is 0 Å². The minimum absolute atomic E-state index is 0.349. The van der Waals surface area contributed by atoms with Gasteiger partial charge in [-0.05, 0) is 30.0 Å². The van der Waals surface area contributed by atoms with Gasteiger partial charge in [-0.15, -0.1) is 11.8 Å². The fourth-order valence-corrected chi connectivity index (χ4v) is 3.90. The van der Waals surface area contributed by atoms with Gasteiger partial charge in [-0.3, -0.25) is 0 Å². The van der Waals surface area contributed by atoms with Crippen molar-refractivity contribution < 1.29 is 9.53 Å². The molecule has 0 spiro atoms. The number of hydrogen-bond donors (Lipinski definition) is 0. The molecule has 0 saturated carbocycles. The van der Waals surface area contributed by atoms with Crippen molar-refractivity contribution in [3.05, 3.63) is 60.3 Å². The van der Waals surface area contributed by atoms with Crippen molar-refractivity contribution in [3.63, 3.8) is 0 Å². The summed E-state index contributed by atoms with van der Waals surface area (Å²) in [4.78, 5) is 20.7. The molecular weight excluding hydrogens is 352 g/mol. The smallest absolute Gasteiger partial charge is 0.358 e. The molecule has 0 unspecified atom stereocenters. The van der Waals surface area contributed by atoms with E-state index in [1.165, 1.54) is 23.3 Å². The highest BCUT2D eigenvalue weighted by Crippen LogP contribution is 2.37. The van der Waals surface area contributed by atoms with Gasteiger partial charge in [0, 0.05) is 17.6 Å². The molecule has 1 heterocycles. The first kappa shape index (κ1) is 17.5. The number of nitrogens with zero attached hydrogens (tertiary/aromatic N) is 2. The third kappa shape index (κ3) is 3.70. The van der Waals surface area contributed by atoms with Crippen LogP contribution < -0.4 is 4.90 Å². The molecule has 128 valence electrons. The Kier molecular flexibility index (Phi) is 5.40. The predicted molar refractivity (Wildman–Crippen MR) is 105 cm³/mol. The van der Waals surface area contributed by atoms with Crippen LogP contribution >= 0.6 is 23.1 Å². The van der Waals surface area contributed by atoms with E-state index in [1.54, 1.807) is 11.8 Å². The first-order valence-electron chi connectivity index (χ1n) is 7.66. The van der Waals surface area contributed by atoms with Gasteiger partial charge in [-0.2, -0.15) is 0 Å². The molecular formula is C19H18N2O2S2. The van der Waals surface area contributed by atoms with Gasteiger partial charge in [-0.25, -0.2) is 9.78 Å². The van der Waals surface area contributed by atoms with E-state index >= 15 is 0 Å². The summed E-state index contributed by atoms with van der Waals surface area (Å²) in [7, 11) is 3.33. The maximum Gasteiger partial charge on any atom is 0.358 e. The zero-order valence-corrected chi connectivity index (χ0v) is 15.9. The van der Waals surface area contributed by atoms with Crippen molar-refractivity contribution in [2.45, 2.75) is 4.90 Å². The highest BCUT2D eigenvalue weighted by molar-refractivity contribution is 7.98. The number of ether oxygens (including phenoxy) is 1. The number of carbonyl (C=O) groups excluding carboxylic acids is 1. The normalized spacial score (nSPS) is 10.5. The quantitative estimate of drug-likeness (QED) is 0.462. The fraction of sp³-hybridized carbons (Fsp3) is 0.158. The minimum Gasteiger partial charge on any atom is -0.464 e. The van der Waals surface area contributed by atoms with Crippen LogP contribution in [0.1, 0.15) is 10.5 Å². The number of methoxy groups -OCH3 is 1. The lowest BCUT2D eigenvalue weighted by Gasteiger charge is -2.16. The topological polar surface area (TPSA) is 42.4 Å². The summed E-state index contributed by atoms with van der Waals surface area (Å²) in [5.74, 6) is -0.424. The largest absolute Gasteiger partial charge is 0.464 e. The Balaban J connectivity index is 2.05. The van der Waals surface area contributed by atoms with Gasteiger partial charge >= 0.3 is 5.97 Å². The molecule has 0 N–H and O–H groups in total. The Bertz CT molecular complexity index is 878. The molecule has 3 rings (SSSR count). The van der Waals surface area contributed by atoms with Crippen LogP contribution in [0.3, 0.4) is 0 Å². The Hall–Kier alpha value is -2.31. The van der Waals surface area contributed by atoms with Crippen LogP contribution in [0.2, 0.25) is 0 Å². The lowest BCUT2D eigenvalue weighted by molar-refractivity contribution is 0.0596. The van der Waals surface area contributed by atoms with Crippen LogP contribution in [0.5, 0.6) is 0 Å². The van der Waals surface area contributed by atoms with E-state index in [-0.39, 0.29) is 0 Å². The summed E-state index contributed by atoms with van der Waals surface area (Å²) in [5, 5.41) is 0.748. The second kappa shape index (κ2) is 7.72. The van der Waals surface area contributed by atoms with Gasteiger partial charge in [0.15, 0.2) is 10.8 Å². The van der Waals surface area contributed by atoms with Crippen molar-refractivity contribution in [1.82, 2.24) is 4.98 Å². The first-order valence-corrected chi connectivity index (χ1v) is 9.70. The number of anilines is 2. The summed E-state index contributed by atoms with van der Waals surface area (Å²) in [6.07, 6.45) is 2.05. The summed E-state index contributed by atoms with van der Waals surface area (Å²) in [6.45, 7) is 0. The minimum atomic E-state index is -0.424. The van der Waals surface area contributed by atoms with E-state index in [1.807, 2.05) is 60.7 Å². The zero-order valence-electron chi connectivity index (χ0n) is 14.2. The standard InChI is InChI=1S/C19H18N2O2S2/c1-21(14-10-7-11-15(12-14)24-3)19-20-16(18(22)23-2)17(25-19)13-8-5-4-6-9-13/h4-12H,1-3H3. The highest BCUT2D eigenvalue weighted by Gasteiger charge is 2.22. The van der Waals surface area contributed by atoms with Crippen LogP contribution in [0.25, 0.3) is 10.4 Å². The number of benzene rings is 2. The SMILES string of the molecule is COC(=O)c1nc(N(C)c2cccc(SC)c2)sc1-c1ccccc1. The monoisotopic (exact) mass is 370 g/mol. The molecule has 0 atom stereocenters. The Morgan fingerprint density at radius 3 is 2.60 bits per heavy atom. The molecule has 25 heavy (non-hydrogen) atoms. The number of rotatable bonds is 5. The third-order valence-electron chi connectivity index (χ3n) is 3.76. The van der Waals surface area contributed by atoms with Gasteiger partial charge in [0.25, 0.3) is 0 Å². The van der Waals surface area contributed by atoms with Crippen molar-refractivity contribution in [3.8, 4) is 10.4 Å². The van der Waals surface area contributed by atoms with Crippen LogP contribution in [-0.2, 0) is 4.74 Å². The van der Waals surface area contributed by atoms with E-state index in [2.05, 4.69) is 17.1 Å². The number of esters is 1. The van der Waals surface area contributed by atoms with Crippen molar-refractivity contribution in [2.24, 2.45) is 0 Å². The van der Waals surface area contributed by atoms with E-state index in [4.69, 9.17) is 4.74 Å². The molecule has 4 nitrogen and oxygen atoms in total. The Morgan fingerprint density at radius 2 is 1.92 bits per heavy atom. The Labute approximate surface area is 155 Å². The van der Waals surface area contributed by atoms with Gasteiger partial charge in [0.05, 0.1) is 12.0 Å². The molecule has 2 aromatic carbocycles. The van der Waals surface area contributed by atoms with Gasteiger partial charge in [0.1, 0.15) is 0 Å². The number of hydrogen-bond acceptors (Lipinski definition) is 6. The van der Waals surface area contributed by atoms with Crippen LogP contribution in [-0.4, -0.2) is 31.4 Å². The van der Waals surface area contributed by atoms with Crippen LogP contribution in [0.15, 0.2) is 59.5 Å². The Morgan fingerprint density at radius 1 is 1.16 bits per heavy atom. The fourth-order valence-electron chi connectivity index (χ4n) is 2.40. The molecule has 0 aliphatic heterocycles. The molecule has 0 fully saturated rings. The maximum atomic E-state index is 12.2. The lowest BCUT2D eigenvalue weighted by Crippen LogP contribution is -2.10. The van der Waals surface area contributed by atoms with E-state index in [0.717, 1.165) is 21.3 Å². The molecule has 0 aliphatic carbocycles. The van der Waals surface area contributed by atoms with Crippen LogP contribution in [0, 0.1) is 0 Å². The second-order valence-electron chi connectivity index (χ2n) is 5.29. The number of carbonyl (C=O) groups is 1. The second-order valence-corrected chi connectivity index (χ2v) is 7.15. The number of aromatic nitrogens is 1.